The fraction of sp³-hybridized carbons (Fsp3) is 0.118. The van der Waals surface area contributed by atoms with E-state index in [2.05, 4.69) is 5.16 Å². The van der Waals surface area contributed by atoms with Crippen molar-refractivity contribution in [1.82, 2.24) is 5.16 Å². The predicted octanol–water partition coefficient (Wildman–Crippen LogP) is 4.60. The van der Waals surface area contributed by atoms with Crippen LogP contribution in [0.3, 0.4) is 0 Å². The van der Waals surface area contributed by atoms with Crippen molar-refractivity contribution in [2.75, 3.05) is 0 Å². The van der Waals surface area contributed by atoms with Crippen molar-refractivity contribution in [3.8, 4) is 22.6 Å². The lowest BCUT2D eigenvalue weighted by Crippen LogP contribution is -1.93. The summed E-state index contributed by atoms with van der Waals surface area (Å²) in [7, 11) is 0. The lowest BCUT2D eigenvalue weighted by Gasteiger charge is -2.06. The van der Waals surface area contributed by atoms with E-state index < -0.39 is 5.82 Å². The zero-order valence-electron chi connectivity index (χ0n) is 11.8. The highest BCUT2D eigenvalue weighted by Gasteiger charge is 2.23. The van der Waals surface area contributed by atoms with Crippen LogP contribution in [-0.4, -0.2) is 10.3 Å². The minimum atomic E-state index is -0.508. The maximum Gasteiger partial charge on any atom is 0.173 e. The zero-order valence-corrected chi connectivity index (χ0v) is 12.6. The number of halogens is 2. The zero-order chi connectivity index (χ0) is 15.7. The summed E-state index contributed by atoms with van der Waals surface area (Å²) in [4.78, 5) is 0. The molecule has 0 saturated heterocycles. The molecule has 22 heavy (non-hydrogen) atoms. The third kappa shape index (κ3) is 2.40. The molecule has 0 aliphatic heterocycles. The van der Waals surface area contributed by atoms with Gasteiger partial charge < -0.3 is 9.63 Å². The highest BCUT2D eigenvalue weighted by atomic mass is 35.5. The van der Waals surface area contributed by atoms with Crippen molar-refractivity contribution in [3.05, 3.63) is 64.4 Å². The smallest absolute Gasteiger partial charge is 0.173 e. The first kappa shape index (κ1) is 14.8. The molecule has 0 unspecified atom stereocenters. The van der Waals surface area contributed by atoms with Gasteiger partial charge in [-0.2, -0.15) is 0 Å². The molecule has 1 heterocycles. The van der Waals surface area contributed by atoms with Gasteiger partial charge in [0.05, 0.1) is 22.8 Å². The number of hydrogen-bond acceptors (Lipinski definition) is 3. The fourth-order valence-corrected chi connectivity index (χ4v) is 2.67. The summed E-state index contributed by atoms with van der Waals surface area (Å²) >= 11 is 6.08. The summed E-state index contributed by atoms with van der Waals surface area (Å²) in [6.45, 7) is 1.60. The Morgan fingerprint density at radius 3 is 2.64 bits per heavy atom. The van der Waals surface area contributed by atoms with Crippen molar-refractivity contribution in [2.45, 2.75) is 13.5 Å². The minimum absolute atomic E-state index is 0.136. The number of hydrogen-bond donors (Lipinski definition) is 1. The molecule has 3 nitrogen and oxygen atoms in total. The van der Waals surface area contributed by atoms with Gasteiger partial charge in [-0.15, -0.1) is 0 Å². The predicted molar refractivity (Wildman–Crippen MR) is 83.0 cm³/mol. The van der Waals surface area contributed by atoms with Crippen LogP contribution in [-0.2, 0) is 6.61 Å². The van der Waals surface area contributed by atoms with Crippen molar-refractivity contribution < 1.29 is 14.0 Å². The minimum Gasteiger partial charge on any atom is -0.391 e. The number of aliphatic hydroxyl groups excluding tert-OH is 1. The van der Waals surface area contributed by atoms with Crippen LogP contribution >= 0.6 is 11.6 Å². The van der Waals surface area contributed by atoms with Gasteiger partial charge in [-0.25, -0.2) is 4.39 Å². The summed E-state index contributed by atoms with van der Waals surface area (Å²) < 4.78 is 19.5. The van der Waals surface area contributed by atoms with E-state index in [4.69, 9.17) is 16.1 Å². The average molecular weight is 318 g/mol. The molecule has 5 heteroatoms. The topological polar surface area (TPSA) is 46.3 Å². The van der Waals surface area contributed by atoms with E-state index in [1.807, 2.05) is 31.2 Å². The number of aliphatic hydroxyl groups is 1. The second kappa shape index (κ2) is 5.91. The molecular weight excluding hydrogens is 305 g/mol. The first-order chi connectivity index (χ1) is 10.6. The van der Waals surface area contributed by atoms with Gasteiger partial charge in [0, 0.05) is 5.56 Å². The van der Waals surface area contributed by atoms with Gasteiger partial charge >= 0.3 is 0 Å². The van der Waals surface area contributed by atoms with Crippen LogP contribution < -0.4 is 0 Å². The Bertz CT molecular complexity index is 809. The molecule has 0 aliphatic rings. The summed E-state index contributed by atoms with van der Waals surface area (Å²) in [5.74, 6) is -0.0817. The summed E-state index contributed by atoms with van der Waals surface area (Å²) in [6, 6.07) is 11.9. The van der Waals surface area contributed by atoms with Crippen LogP contribution in [0.5, 0.6) is 0 Å². The third-order valence-corrected chi connectivity index (χ3v) is 3.85. The van der Waals surface area contributed by atoms with Crippen LogP contribution in [0.4, 0.5) is 4.39 Å². The van der Waals surface area contributed by atoms with Crippen LogP contribution in [0, 0.1) is 12.7 Å². The summed E-state index contributed by atoms with van der Waals surface area (Å²) in [5.41, 5.74) is 2.55. The molecule has 112 valence electrons. The van der Waals surface area contributed by atoms with Crippen LogP contribution in [0.15, 0.2) is 47.0 Å². The number of rotatable bonds is 3. The lowest BCUT2D eigenvalue weighted by molar-refractivity contribution is 0.281. The Hall–Kier alpha value is -2.17. The molecule has 0 saturated carbocycles. The monoisotopic (exact) mass is 317 g/mol. The maximum absolute atomic E-state index is 14.1. The van der Waals surface area contributed by atoms with Crippen LogP contribution in [0.2, 0.25) is 5.02 Å². The quantitative estimate of drug-likeness (QED) is 0.767. The van der Waals surface area contributed by atoms with E-state index in [9.17, 15) is 9.50 Å². The number of nitrogens with zero attached hydrogens (tertiary/aromatic N) is 1. The molecule has 1 aromatic heterocycles. The maximum atomic E-state index is 14.1. The average Bonchev–Trinajstić information content (AvgIpc) is 2.91. The Labute approximate surface area is 132 Å². The van der Waals surface area contributed by atoms with E-state index in [-0.39, 0.29) is 22.9 Å². The Balaban J connectivity index is 2.23. The van der Waals surface area contributed by atoms with Gasteiger partial charge in [0.2, 0.25) is 0 Å². The molecule has 0 amide bonds. The van der Waals surface area contributed by atoms with Crippen LogP contribution in [0.1, 0.15) is 11.1 Å². The summed E-state index contributed by atoms with van der Waals surface area (Å²) in [5, 5.41) is 13.9. The Morgan fingerprint density at radius 1 is 1.18 bits per heavy atom. The van der Waals surface area contributed by atoms with Crippen molar-refractivity contribution in [2.24, 2.45) is 0 Å². The van der Waals surface area contributed by atoms with E-state index in [0.29, 0.717) is 11.3 Å². The standard InChI is InChI=1S/C17H13ClFNO2/c1-10-5-2-3-6-11(10)17-12(9-21)16(20-22-17)15-13(18)7-4-8-14(15)19/h2-8,21H,9H2,1H3. The fourth-order valence-electron chi connectivity index (χ4n) is 2.42. The van der Waals surface area contributed by atoms with Gasteiger partial charge in [0.15, 0.2) is 5.76 Å². The van der Waals surface area contributed by atoms with E-state index >= 15 is 0 Å². The largest absolute Gasteiger partial charge is 0.391 e. The number of aromatic nitrogens is 1. The Kier molecular flexibility index (Phi) is 3.96. The van der Waals surface area contributed by atoms with Crippen molar-refractivity contribution >= 4 is 11.6 Å². The first-order valence-corrected chi connectivity index (χ1v) is 7.11. The van der Waals surface area contributed by atoms with Gasteiger partial charge in [0.1, 0.15) is 11.5 Å². The number of aryl methyl sites for hydroxylation is 1. The van der Waals surface area contributed by atoms with Gasteiger partial charge in [-0.05, 0) is 24.6 Å². The SMILES string of the molecule is Cc1ccccc1-c1onc(-c2c(F)cccc2Cl)c1CO. The van der Waals surface area contributed by atoms with E-state index in [0.717, 1.165) is 11.1 Å². The molecule has 3 rings (SSSR count). The molecule has 1 N–H and O–H groups in total. The van der Waals surface area contributed by atoms with E-state index in [1.54, 1.807) is 6.07 Å². The number of benzene rings is 2. The second-order valence-electron chi connectivity index (χ2n) is 4.91. The highest BCUT2D eigenvalue weighted by molar-refractivity contribution is 6.33. The van der Waals surface area contributed by atoms with Crippen LogP contribution in [0.25, 0.3) is 22.6 Å². The Morgan fingerprint density at radius 2 is 1.95 bits per heavy atom. The van der Waals surface area contributed by atoms with Gasteiger partial charge in [-0.1, -0.05) is 47.1 Å². The molecule has 0 fully saturated rings. The molecular formula is C17H13ClFNO2. The molecule has 0 spiro atoms. The van der Waals surface area contributed by atoms with Gasteiger partial charge in [0.25, 0.3) is 0 Å². The molecule has 0 atom stereocenters. The third-order valence-electron chi connectivity index (χ3n) is 3.54. The van der Waals surface area contributed by atoms with Crippen molar-refractivity contribution in [1.29, 1.82) is 0 Å². The van der Waals surface area contributed by atoms with Crippen molar-refractivity contribution in [3.63, 3.8) is 0 Å². The molecule has 0 radical (unpaired) electrons. The second-order valence-corrected chi connectivity index (χ2v) is 5.32. The normalized spacial score (nSPS) is 10.9. The summed E-state index contributed by atoms with van der Waals surface area (Å²) in [6.07, 6.45) is 0. The molecule has 0 aliphatic carbocycles. The molecule has 3 aromatic rings. The molecule has 2 aromatic carbocycles. The highest BCUT2D eigenvalue weighted by Crippen LogP contribution is 2.37. The lowest BCUT2D eigenvalue weighted by atomic mass is 10.00. The molecule has 0 bridgehead atoms. The van der Waals surface area contributed by atoms with E-state index in [1.165, 1.54) is 12.1 Å². The van der Waals surface area contributed by atoms with Gasteiger partial charge in [-0.3, -0.25) is 0 Å². The first-order valence-electron chi connectivity index (χ1n) is 6.73.